The molecule has 1 fully saturated rings. The lowest BCUT2D eigenvalue weighted by atomic mass is 10.0. The SMILES string of the molecule is C=CCN1C(=O)/C(=C\c2c(C)c(C#N)c(=O)n(C)c2NCc2ccccc2)SC1=S. The number of nitrogens with zero attached hydrogens (tertiary/aromatic N) is 3. The average Bonchev–Trinajstić information content (AvgIpc) is 3.00. The number of nitriles is 1. The second-order valence-electron chi connectivity index (χ2n) is 6.66. The number of aromatic nitrogens is 1. The lowest BCUT2D eigenvalue weighted by molar-refractivity contribution is -0.121. The molecule has 1 aliphatic heterocycles. The zero-order valence-electron chi connectivity index (χ0n) is 16.6. The van der Waals surface area contributed by atoms with Crippen molar-refractivity contribution in [1.82, 2.24) is 9.47 Å². The van der Waals surface area contributed by atoms with Gasteiger partial charge in [0.05, 0.1) is 4.91 Å². The summed E-state index contributed by atoms with van der Waals surface area (Å²) in [5.41, 5.74) is 1.83. The molecule has 1 saturated heterocycles. The Kier molecular flexibility index (Phi) is 6.55. The van der Waals surface area contributed by atoms with Gasteiger partial charge >= 0.3 is 0 Å². The van der Waals surface area contributed by atoms with Crippen LogP contribution in [0.3, 0.4) is 0 Å². The van der Waals surface area contributed by atoms with Gasteiger partial charge in [-0.05, 0) is 24.1 Å². The Morgan fingerprint density at radius 2 is 2.00 bits per heavy atom. The maximum atomic E-state index is 12.8. The number of thioether (sulfide) groups is 1. The van der Waals surface area contributed by atoms with Crippen molar-refractivity contribution >= 4 is 46.1 Å². The fraction of sp³-hybridized carbons (Fsp3) is 0.182. The lowest BCUT2D eigenvalue weighted by Crippen LogP contribution is -2.28. The highest BCUT2D eigenvalue weighted by atomic mass is 32.2. The van der Waals surface area contributed by atoms with Crippen LogP contribution in [-0.2, 0) is 18.4 Å². The number of hydrogen-bond acceptors (Lipinski definition) is 6. The van der Waals surface area contributed by atoms with Gasteiger partial charge in [0, 0.05) is 25.7 Å². The first-order valence-corrected chi connectivity index (χ1v) is 10.4. The van der Waals surface area contributed by atoms with Gasteiger partial charge in [-0.2, -0.15) is 5.26 Å². The van der Waals surface area contributed by atoms with Gasteiger partial charge in [0.25, 0.3) is 11.5 Å². The predicted molar refractivity (Wildman–Crippen MR) is 125 cm³/mol. The van der Waals surface area contributed by atoms with Crippen molar-refractivity contribution in [3.8, 4) is 6.07 Å². The Morgan fingerprint density at radius 3 is 2.63 bits per heavy atom. The van der Waals surface area contributed by atoms with Gasteiger partial charge in [-0.1, -0.05) is 60.4 Å². The van der Waals surface area contributed by atoms with E-state index < -0.39 is 0 Å². The van der Waals surface area contributed by atoms with Crippen molar-refractivity contribution in [3.05, 3.63) is 80.5 Å². The summed E-state index contributed by atoms with van der Waals surface area (Å²) >= 11 is 6.50. The number of benzene rings is 1. The van der Waals surface area contributed by atoms with Gasteiger partial charge in [0.1, 0.15) is 21.8 Å². The first-order chi connectivity index (χ1) is 14.4. The van der Waals surface area contributed by atoms with Crippen LogP contribution in [0, 0.1) is 18.3 Å². The van der Waals surface area contributed by atoms with Gasteiger partial charge in [-0.3, -0.25) is 19.1 Å². The van der Waals surface area contributed by atoms with E-state index in [9.17, 15) is 14.9 Å². The minimum absolute atomic E-state index is 0.0515. The average molecular weight is 437 g/mol. The molecule has 1 N–H and O–H groups in total. The van der Waals surface area contributed by atoms with Gasteiger partial charge in [0.15, 0.2) is 0 Å². The molecule has 1 aliphatic rings. The van der Waals surface area contributed by atoms with Crippen LogP contribution in [0.15, 0.2) is 52.7 Å². The van der Waals surface area contributed by atoms with Gasteiger partial charge in [-0.25, -0.2) is 0 Å². The Balaban J connectivity index is 2.10. The molecule has 0 saturated carbocycles. The Hall–Kier alpha value is -3.15. The number of carbonyl (C=O) groups is 1. The molecule has 0 bridgehead atoms. The number of hydrogen-bond donors (Lipinski definition) is 1. The molecule has 1 aromatic carbocycles. The fourth-order valence-electron chi connectivity index (χ4n) is 3.14. The summed E-state index contributed by atoms with van der Waals surface area (Å²) in [5, 5.41) is 12.8. The number of carbonyl (C=O) groups excluding carboxylic acids is 1. The van der Waals surface area contributed by atoms with Crippen LogP contribution in [0.25, 0.3) is 6.08 Å². The van der Waals surface area contributed by atoms with Crippen molar-refractivity contribution in [2.75, 3.05) is 11.9 Å². The van der Waals surface area contributed by atoms with E-state index in [0.717, 1.165) is 5.56 Å². The predicted octanol–water partition coefficient (Wildman–Crippen LogP) is 3.56. The van der Waals surface area contributed by atoms with E-state index in [-0.39, 0.29) is 17.0 Å². The van der Waals surface area contributed by atoms with E-state index in [0.29, 0.717) is 39.3 Å². The Labute approximate surface area is 184 Å². The van der Waals surface area contributed by atoms with Crippen LogP contribution in [0.4, 0.5) is 5.82 Å². The number of pyridine rings is 1. The molecule has 0 aliphatic carbocycles. The highest BCUT2D eigenvalue weighted by molar-refractivity contribution is 8.26. The van der Waals surface area contributed by atoms with Crippen molar-refractivity contribution in [2.24, 2.45) is 7.05 Å². The van der Waals surface area contributed by atoms with E-state index in [1.807, 2.05) is 36.4 Å². The molecule has 1 amide bonds. The van der Waals surface area contributed by atoms with Crippen molar-refractivity contribution < 1.29 is 4.79 Å². The monoisotopic (exact) mass is 436 g/mol. The third kappa shape index (κ3) is 4.08. The first kappa shape index (κ1) is 21.6. The lowest BCUT2D eigenvalue weighted by Gasteiger charge is -2.18. The summed E-state index contributed by atoms with van der Waals surface area (Å²) in [6.07, 6.45) is 3.32. The molecule has 2 heterocycles. The van der Waals surface area contributed by atoms with E-state index in [4.69, 9.17) is 12.2 Å². The first-order valence-electron chi connectivity index (χ1n) is 9.16. The molecular formula is C22H20N4O2S2. The van der Waals surface area contributed by atoms with Crippen LogP contribution in [-0.4, -0.2) is 26.2 Å². The summed E-state index contributed by atoms with van der Waals surface area (Å²) in [6.45, 7) is 6.19. The summed E-state index contributed by atoms with van der Waals surface area (Å²) in [4.78, 5) is 27.3. The van der Waals surface area contributed by atoms with E-state index in [1.165, 1.54) is 21.2 Å². The van der Waals surface area contributed by atoms with Gasteiger partial charge in [-0.15, -0.1) is 6.58 Å². The van der Waals surface area contributed by atoms with Crippen molar-refractivity contribution in [3.63, 3.8) is 0 Å². The standard InChI is InChI=1S/C22H20N4O2S2/c1-4-10-26-21(28)18(30-22(26)29)11-16-14(2)17(12-23)20(27)25(3)19(16)24-13-15-8-6-5-7-9-15/h4-9,11,24H,1,10,13H2,2-3H3/b18-11+. The second kappa shape index (κ2) is 9.11. The normalized spacial score (nSPS) is 14.8. The molecule has 0 unspecified atom stereocenters. The molecule has 0 radical (unpaired) electrons. The van der Waals surface area contributed by atoms with E-state index >= 15 is 0 Å². The Bertz CT molecular complexity index is 1160. The highest BCUT2D eigenvalue weighted by Gasteiger charge is 2.31. The molecule has 0 spiro atoms. The third-order valence-corrected chi connectivity index (χ3v) is 6.14. The van der Waals surface area contributed by atoms with Crippen molar-refractivity contribution in [2.45, 2.75) is 13.5 Å². The van der Waals surface area contributed by atoms with Crippen LogP contribution in [0.5, 0.6) is 0 Å². The fourth-order valence-corrected chi connectivity index (χ4v) is 4.40. The van der Waals surface area contributed by atoms with Crippen LogP contribution >= 0.6 is 24.0 Å². The van der Waals surface area contributed by atoms with E-state index in [1.54, 1.807) is 26.1 Å². The van der Waals surface area contributed by atoms with Crippen LogP contribution in [0.1, 0.15) is 22.3 Å². The quantitative estimate of drug-likeness (QED) is 0.424. The number of nitrogens with one attached hydrogen (secondary N) is 1. The molecule has 6 nitrogen and oxygen atoms in total. The molecular weight excluding hydrogens is 416 g/mol. The molecule has 3 rings (SSSR count). The molecule has 8 heteroatoms. The maximum Gasteiger partial charge on any atom is 0.270 e. The van der Waals surface area contributed by atoms with Crippen LogP contribution in [0.2, 0.25) is 0 Å². The number of thiocarbonyl (C=S) groups is 1. The zero-order chi connectivity index (χ0) is 21.8. The summed E-state index contributed by atoms with van der Waals surface area (Å²) < 4.78 is 1.86. The minimum Gasteiger partial charge on any atom is -0.367 e. The minimum atomic E-state index is -0.387. The van der Waals surface area contributed by atoms with Crippen molar-refractivity contribution in [1.29, 1.82) is 5.26 Å². The maximum absolute atomic E-state index is 12.8. The van der Waals surface area contributed by atoms with Gasteiger partial charge in [0.2, 0.25) is 0 Å². The third-order valence-electron chi connectivity index (χ3n) is 4.76. The second-order valence-corrected chi connectivity index (χ2v) is 8.33. The molecule has 1 aromatic heterocycles. The van der Waals surface area contributed by atoms with Crippen LogP contribution < -0.4 is 10.9 Å². The molecule has 30 heavy (non-hydrogen) atoms. The molecule has 2 aromatic rings. The summed E-state index contributed by atoms with van der Waals surface area (Å²) in [5.74, 6) is 0.319. The molecule has 152 valence electrons. The highest BCUT2D eigenvalue weighted by Crippen LogP contribution is 2.34. The Morgan fingerprint density at radius 1 is 1.30 bits per heavy atom. The largest absolute Gasteiger partial charge is 0.367 e. The number of rotatable bonds is 6. The zero-order valence-corrected chi connectivity index (χ0v) is 18.3. The molecule has 0 atom stereocenters. The smallest absolute Gasteiger partial charge is 0.270 e. The topological polar surface area (TPSA) is 78.1 Å². The number of amides is 1. The van der Waals surface area contributed by atoms with E-state index in [2.05, 4.69) is 11.9 Å². The summed E-state index contributed by atoms with van der Waals surface area (Å²) in [7, 11) is 1.61. The number of anilines is 1. The summed E-state index contributed by atoms with van der Waals surface area (Å²) in [6, 6.07) is 11.7. The van der Waals surface area contributed by atoms with Gasteiger partial charge < -0.3 is 5.32 Å².